The van der Waals surface area contributed by atoms with E-state index in [-0.39, 0.29) is 25.2 Å². The molecule has 0 amide bonds. The van der Waals surface area contributed by atoms with Gasteiger partial charge >= 0.3 is 11.9 Å². The second-order valence-corrected chi connectivity index (χ2v) is 22.5. The van der Waals surface area contributed by atoms with Crippen LogP contribution in [0.25, 0.3) is 0 Å². The molecule has 0 bridgehead atoms. The summed E-state index contributed by atoms with van der Waals surface area (Å²) < 4.78 is 10.8. The molecular formula is C75H128O5. The molecule has 0 aromatic carbocycles. The molecule has 1 atom stereocenters. The van der Waals surface area contributed by atoms with E-state index >= 15 is 0 Å². The summed E-state index contributed by atoms with van der Waals surface area (Å²) in [7, 11) is 0. The van der Waals surface area contributed by atoms with Crippen LogP contribution in [0.1, 0.15) is 322 Å². The molecule has 0 aliphatic heterocycles. The number of carbonyl (C=O) groups is 2. The third kappa shape index (κ3) is 66.8. The molecule has 1 unspecified atom stereocenters. The van der Waals surface area contributed by atoms with E-state index in [1.807, 2.05) is 0 Å². The van der Waals surface area contributed by atoms with Gasteiger partial charge in [-0.1, -0.05) is 322 Å². The number of unbranched alkanes of at least 4 members (excludes halogenated alkanes) is 34. The number of aliphatic hydroxyl groups excluding tert-OH is 1. The molecule has 0 aliphatic carbocycles. The molecule has 0 fully saturated rings. The summed E-state index contributed by atoms with van der Waals surface area (Å²) in [5.74, 6) is -0.587. The molecule has 0 rings (SSSR count). The van der Waals surface area contributed by atoms with Crippen molar-refractivity contribution < 1.29 is 24.2 Å². The number of hydrogen-bond acceptors (Lipinski definition) is 5. The van der Waals surface area contributed by atoms with Crippen molar-refractivity contribution in [1.29, 1.82) is 0 Å². The molecule has 1 N–H and O–H groups in total. The highest BCUT2D eigenvalue weighted by molar-refractivity contribution is 5.70. The van der Waals surface area contributed by atoms with Gasteiger partial charge in [0.05, 0.1) is 6.61 Å². The lowest BCUT2D eigenvalue weighted by molar-refractivity contribution is -0.161. The molecule has 80 heavy (non-hydrogen) atoms. The first kappa shape index (κ1) is 76.3. The van der Waals surface area contributed by atoms with Crippen molar-refractivity contribution >= 4 is 11.9 Å². The predicted octanol–water partition coefficient (Wildman–Crippen LogP) is 23.8. The van der Waals surface area contributed by atoms with Crippen molar-refractivity contribution in [2.75, 3.05) is 13.2 Å². The number of rotatable bonds is 62. The fourth-order valence-electron chi connectivity index (χ4n) is 9.66. The predicted molar refractivity (Wildman–Crippen MR) is 352 cm³/mol. The highest BCUT2D eigenvalue weighted by Crippen LogP contribution is 2.17. The smallest absolute Gasteiger partial charge is 0.306 e. The maximum absolute atomic E-state index is 12.4. The minimum Gasteiger partial charge on any atom is -0.462 e. The van der Waals surface area contributed by atoms with Crippen LogP contribution in [0.4, 0.5) is 0 Å². The van der Waals surface area contributed by atoms with E-state index in [0.717, 1.165) is 96.3 Å². The average Bonchev–Trinajstić information content (AvgIpc) is 3.46. The van der Waals surface area contributed by atoms with Gasteiger partial charge in [0.1, 0.15) is 6.61 Å². The second-order valence-electron chi connectivity index (χ2n) is 22.5. The summed E-state index contributed by atoms with van der Waals surface area (Å²) >= 11 is 0. The van der Waals surface area contributed by atoms with E-state index in [1.54, 1.807) is 0 Å². The van der Waals surface area contributed by atoms with Gasteiger partial charge in [0.25, 0.3) is 0 Å². The SMILES string of the molecule is CC/C=C\C/C=C\C/C=C\C/C=C\C/C=C\C/C=C\C/C=C\C/C=C\C/C=C\CCCCCCCCCCCCCC(=O)OC(CO)COC(=O)CCCCCCCCCCCCCCCCC/C=C\CCCCCCCCCC. The Morgan fingerprint density at radius 2 is 0.537 bits per heavy atom. The maximum Gasteiger partial charge on any atom is 0.306 e. The lowest BCUT2D eigenvalue weighted by atomic mass is 10.0. The molecule has 0 saturated carbocycles. The van der Waals surface area contributed by atoms with Crippen molar-refractivity contribution in [3.8, 4) is 0 Å². The third-order valence-electron chi connectivity index (χ3n) is 14.7. The molecule has 5 heteroatoms. The van der Waals surface area contributed by atoms with Crippen LogP contribution in [-0.4, -0.2) is 36.4 Å². The van der Waals surface area contributed by atoms with Crippen LogP contribution >= 0.6 is 0 Å². The zero-order chi connectivity index (χ0) is 57.6. The van der Waals surface area contributed by atoms with Crippen LogP contribution in [0.5, 0.6) is 0 Å². The Morgan fingerprint density at radius 1 is 0.300 bits per heavy atom. The summed E-state index contributed by atoms with van der Waals surface area (Å²) in [4.78, 5) is 24.6. The van der Waals surface area contributed by atoms with Crippen molar-refractivity contribution in [2.24, 2.45) is 0 Å². The van der Waals surface area contributed by atoms with E-state index in [1.165, 1.54) is 199 Å². The average molecular weight is 1110 g/mol. The van der Waals surface area contributed by atoms with E-state index in [0.29, 0.717) is 12.8 Å². The van der Waals surface area contributed by atoms with Gasteiger partial charge in [-0.15, -0.1) is 0 Å². The molecule has 0 heterocycles. The largest absolute Gasteiger partial charge is 0.462 e. The van der Waals surface area contributed by atoms with Gasteiger partial charge in [-0.05, 0) is 109 Å². The van der Waals surface area contributed by atoms with Gasteiger partial charge in [0.2, 0.25) is 0 Å². The van der Waals surface area contributed by atoms with Crippen molar-refractivity contribution in [2.45, 2.75) is 328 Å². The Morgan fingerprint density at radius 3 is 0.825 bits per heavy atom. The molecule has 0 aromatic heterocycles. The normalized spacial score (nSPS) is 13.0. The summed E-state index contributed by atoms with van der Waals surface area (Å²) in [5.41, 5.74) is 0. The minimum absolute atomic E-state index is 0.0694. The summed E-state index contributed by atoms with van der Waals surface area (Å²) in [6, 6.07) is 0. The Kier molecular flexibility index (Phi) is 66.4. The van der Waals surface area contributed by atoms with Crippen LogP contribution in [0.2, 0.25) is 0 Å². The van der Waals surface area contributed by atoms with Gasteiger partial charge < -0.3 is 14.6 Å². The van der Waals surface area contributed by atoms with Crippen molar-refractivity contribution in [1.82, 2.24) is 0 Å². The molecule has 0 saturated heterocycles. The van der Waals surface area contributed by atoms with Gasteiger partial charge in [-0.2, -0.15) is 0 Å². The highest BCUT2D eigenvalue weighted by Gasteiger charge is 2.16. The molecule has 0 radical (unpaired) electrons. The standard InChI is InChI=1S/C75H128O5/c1-3-5-7-9-11-13-15-17-19-21-23-25-27-29-31-32-33-34-35-36-37-38-39-40-41-42-44-46-48-50-52-54-56-58-60-62-64-66-68-70-75(78)80-73(71-76)72-79-74(77)69-67-65-63-61-59-57-55-53-51-49-47-45-43-30-28-26-24-22-20-18-16-14-12-10-8-6-4-2/h5,7,11,13,17,19,22-25,29,31,33-34,36-37,39-40,42,44,73,76H,3-4,6,8-10,12,14-16,18,20-21,26-28,30,32,35,38,41,43,45-72H2,1-2H3/b7-5-,13-11-,19-17-,24-22-,25-23-,31-29-,34-33-,37-36-,40-39-,44-42-. The Balaban J connectivity index is 3.52. The van der Waals surface area contributed by atoms with Gasteiger partial charge in [-0.3, -0.25) is 9.59 Å². The van der Waals surface area contributed by atoms with Gasteiger partial charge in [0.15, 0.2) is 6.10 Å². The maximum atomic E-state index is 12.4. The summed E-state index contributed by atoms with van der Waals surface area (Å²) in [6.07, 6.45) is 102. The molecule has 458 valence electrons. The molecule has 0 aromatic rings. The van der Waals surface area contributed by atoms with Gasteiger partial charge in [0, 0.05) is 12.8 Å². The van der Waals surface area contributed by atoms with E-state index < -0.39 is 6.10 Å². The van der Waals surface area contributed by atoms with Crippen molar-refractivity contribution in [3.63, 3.8) is 0 Å². The van der Waals surface area contributed by atoms with Crippen LogP contribution in [0.3, 0.4) is 0 Å². The molecule has 5 nitrogen and oxygen atoms in total. The Bertz CT molecular complexity index is 1590. The third-order valence-corrected chi connectivity index (χ3v) is 14.7. The Hall–Kier alpha value is -3.70. The first-order valence-corrected chi connectivity index (χ1v) is 34.1. The van der Waals surface area contributed by atoms with E-state index in [9.17, 15) is 14.7 Å². The lowest BCUT2D eigenvalue weighted by Gasteiger charge is -2.15. The lowest BCUT2D eigenvalue weighted by Crippen LogP contribution is -2.28. The van der Waals surface area contributed by atoms with Crippen LogP contribution < -0.4 is 0 Å². The van der Waals surface area contributed by atoms with Crippen LogP contribution in [0, 0.1) is 0 Å². The first-order chi connectivity index (χ1) is 39.6. The van der Waals surface area contributed by atoms with Crippen LogP contribution in [-0.2, 0) is 19.1 Å². The monoisotopic (exact) mass is 1110 g/mol. The zero-order valence-corrected chi connectivity index (χ0v) is 52.6. The number of allylic oxidation sites excluding steroid dienone is 20. The van der Waals surface area contributed by atoms with E-state index in [4.69, 9.17) is 9.47 Å². The topological polar surface area (TPSA) is 72.8 Å². The highest BCUT2D eigenvalue weighted by atomic mass is 16.6. The summed E-state index contributed by atoms with van der Waals surface area (Å²) in [6.45, 7) is 4.05. The second kappa shape index (κ2) is 69.6. The van der Waals surface area contributed by atoms with Crippen LogP contribution in [0.15, 0.2) is 122 Å². The fourth-order valence-corrected chi connectivity index (χ4v) is 9.66. The van der Waals surface area contributed by atoms with E-state index in [2.05, 4.69) is 135 Å². The quantitative estimate of drug-likeness (QED) is 0.0373. The number of carbonyl (C=O) groups excluding carboxylic acids is 2. The fraction of sp³-hybridized carbons (Fsp3) is 0.707. The number of ether oxygens (including phenoxy) is 2. The molecule has 0 aliphatic rings. The zero-order valence-electron chi connectivity index (χ0n) is 52.6. The summed E-state index contributed by atoms with van der Waals surface area (Å²) in [5, 5.41) is 9.70. The Labute approximate surface area is 496 Å². The number of hydrogen-bond donors (Lipinski definition) is 1. The number of esters is 2. The molecule has 0 spiro atoms. The first-order valence-electron chi connectivity index (χ1n) is 34.1. The van der Waals surface area contributed by atoms with Gasteiger partial charge in [-0.25, -0.2) is 0 Å². The number of aliphatic hydroxyl groups is 1. The minimum atomic E-state index is -0.781. The van der Waals surface area contributed by atoms with Crippen molar-refractivity contribution in [3.05, 3.63) is 122 Å². The molecular weight excluding hydrogens is 981 g/mol.